The molecule has 0 amide bonds. The second-order valence-electron chi connectivity index (χ2n) is 7.38. The van der Waals surface area contributed by atoms with Gasteiger partial charge < -0.3 is 9.31 Å². The number of sulfonamides is 1. The first-order valence-electron chi connectivity index (χ1n) is 8.00. The average Bonchev–Trinajstić information content (AvgIpc) is 2.86. The Bertz CT molecular complexity index is 714. The lowest BCUT2D eigenvalue weighted by atomic mass is 9.78. The summed E-state index contributed by atoms with van der Waals surface area (Å²) in [6.45, 7) is 10.6. The van der Waals surface area contributed by atoms with Crippen molar-refractivity contribution in [1.29, 1.82) is 0 Å². The zero-order valence-electron chi connectivity index (χ0n) is 14.4. The molecule has 1 aromatic rings. The normalized spacial score (nSPS) is 25.1. The van der Waals surface area contributed by atoms with Crippen LogP contribution in [-0.4, -0.2) is 39.0 Å². The monoisotopic (exact) mass is 337 g/mol. The summed E-state index contributed by atoms with van der Waals surface area (Å²) in [5.74, 6) is 0.228. The molecule has 0 aliphatic carbocycles. The molecule has 2 aliphatic heterocycles. The van der Waals surface area contributed by atoms with Crippen LogP contribution in [0.4, 0.5) is 5.69 Å². The van der Waals surface area contributed by atoms with E-state index in [1.807, 2.05) is 52.8 Å². The molecule has 23 heavy (non-hydrogen) atoms. The largest absolute Gasteiger partial charge is 0.494 e. The van der Waals surface area contributed by atoms with Crippen LogP contribution in [0.5, 0.6) is 0 Å². The fourth-order valence-electron chi connectivity index (χ4n) is 2.99. The van der Waals surface area contributed by atoms with E-state index in [2.05, 4.69) is 0 Å². The molecule has 2 fully saturated rings. The molecule has 0 atom stereocenters. The van der Waals surface area contributed by atoms with Gasteiger partial charge in [0.25, 0.3) is 0 Å². The lowest BCUT2D eigenvalue weighted by molar-refractivity contribution is 0.00578. The van der Waals surface area contributed by atoms with Gasteiger partial charge in [-0.2, -0.15) is 0 Å². The van der Waals surface area contributed by atoms with Crippen LogP contribution in [0, 0.1) is 6.92 Å². The Morgan fingerprint density at radius 1 is 1.13 bits per heavy atom. The highest BCUT2D eigenvalue weighted by Gasteiger charge is 2.51. The van der Waals surface area contributed by atoms with Crippen molar-refractivity contribution in [1.82, 2.24) is 0 Å². The Balaban J connectivity index is 1.89. The van der Waals surface area contributed by atoms with Gasteiger partial charge in [-0.1, -0.05) is 12.1 Å². The van der Waals surface area contributed by atoms with Crippen LogP contribution in [0.15, 0.2) is 18.2 Å². The predicted octanol–water partition coefficient (Wildman–Crippen LogP) is 1.83. The maximum absolute atomic E-state index is 12.1. The summed E-state index contributed by atoms with van der Waals surface area (Å²) >= 11 is 0. The summed E-state index contributed by atoms with van der Waals surface area (Å²) in [7, 11) is -3.59. The third kappa shape index (κ3) is 2.79. The molecule has 0 radical (unpaired) electrons. The third-order valence-electron chi connectivity index (χ3n) is 5.11. The van der Waals surface area contributed by atoms with E-state index in [4.69, 9.17) is 9.31 Å². The first-order valence-corrected chi connectivity index (χ1v) is 9.61. The molecule has 0 bridgehead atoms. The zero-order valence-corrected chi connectivity index (χ0v) is 15.2. The summed E-state index contributed by atoms with van der Waals surface area (Å²) in [4.78, 5) is 0. The Morgan fingerprint density at radius 3 is 2.22 bits per heavy atom. The van der Waals surface area contributed by atoms with Gasteiger partial charge in [0.15, 0.2) is 0 Å². The molecular formula is C16H24BNO4S. The van der Waals surface area contributed by atoms with Crippen molar-refractivity contribution in [3.8, 4) is 0 Å². The Labute approximate surface area is 139 Å². The van der Waals surface area contributed by atoms with Gasteiger partial charge in [0.05, 0.1) is 22.6 Å². The highest BCUT2D eigenvalue weighted by atomic mass is 32.2. The number of nitrogens with zero attached hydrogens (tertiary/aromatic N) is 1. The van der Waals surface area contributed by atoms with Crippen molar-refractivity contribution in [3.63, 3.8) is 0 Å². The van der Waals surface area contributed by atoms with Crippen molar-refractivity contribution in [2.75, 3.05) is 16.6 Å². The van der Waals surface area contributed by atoms with Gasteiger partial charge in [-0.25, -0.2) is 8.42 Å². The molecule has 2 saturated heterocycles. The average molecular weight is 337 g/mol. The van der Waals surface area contributed by atoms with Crippen molar-refractivity contribution >= 4 is 28.3 Å². The van der Waals surface area contributed by atoms with E-state index in [1.165, 1.54) is 4.31 Å². The fraction of sp³-hybridized carbons (Fsp3) is 0.625. The van der Waals surface area contributed by atoms with Gasteiger partial charge in [0, 0.05) is 6.54 Å². The molecule has 0 aromatic heterocycles. The quantitative estimate of drug-likeness (QED) is 0.773. The molecule has 5 nitrogen and oxygen atoms in total. The van der Waals surface area contributed by atoms with E-state index >= 15 is 0 Å². The number of aryl methyl sites for hydroxylation is 1. The first-order chi connectivity index (χ1) is 10.5. The first kappa shape index (κ1) is 16.8. The van der Waals surface area contributed by atoms with Crippen LogP contribution in [0.1, 0.15) is 39.7 Å². The summed E-state index contributed by atoms with van der Waals surface area (Å²) < 4.78 is 37.8. The molecule has 0 spiro atoms. The van der Waals surface area contributed by atoms with Gasteiger partial charge in [-0.15, -0.1) is 0 Å². The maximum Gasteiger partial charge on any atom is 0.494 e. The van der Waals surface area contributed by atoms with Crippen molar-refractivity contribution in [2.24, 2.45) is 0 Å². The minimum Gasteiger partial charge on any atom is -0.399 e. The van der Waals surface area contributed by atoms with Crippen LogP contribution in [0.25, 0.3) is 0 Å². The summed E-state index contributed by atoms with van der Waals surface area (Å²) in [5.41, 5.74) is 1.82. The standard InChI is InChI=1S/C16H24BNO4S/c1-12-11-13(17-21-15(2,3)16(4,5)22-17)7-8-14(12)18-9-6-10-23(18,19)20/h7-8,11H,6,9-10H2,1-5H3. The molecule has 3 rings (SSSR count). The van der Waals surface area contributed by atoms with Gasteiger partial charge in [-0.3, -0.25) is 4.31 Å². The van der Waals surface area contributed by atoms with Crippen molar-refractivity contribution in [2.45, 2.75) is 52.2 Å². The summed E-state index contributed by atoms with van der Waals surface area (Å²) in [6, 6.07) is 5.72. The van der Waals surface area contributed by atoms with E-state index in [0.717, 1.165) is 16.7 Å². The van der Waals surface area contributed by atoms with Crippen LogP contribution >= 0.6 is 0 Å². The highest BCUT2D eigenvalue weighted by Crippen LogP contribution is 2.37. The Hall–Kier alpha value is -1.05. The molecule has 1 aromatic carbocycles. The Kier molecular flexibility index (Phi) is 3.82. The van der Waals surface area contributed by atoms with Crippen LogP contribution < -0.4 is 9.77 Å². The second kappa shape index (κ2) is 5.23. The van der Waals surface area contributed by atoms with E-state index < -0.39 is 17.1 Å². The van der Waals surface area contributed by atoms with Crippen molar-refractivity contribution < 1.29 is 17.7 Å². The van der Waals surface area contributed by atoms with E-state index in [0.29, 0.717) is 13.0 Å². The second-order valence-corrected chi connectivity index (χ2v) is 9.39. The molecule has 0 unspecified atom stereocenters. The number of benzene rings is 1. The number of hydrogen-bond acceptors (Lipinski definition) is 4. The van der Waals surface area contributed by atoms with Gasteiger partial charge in [0.1, 0.15) is 0 Å². The SMILES string of the molecule is Cc1cc(B2OC(C)(C)C(C)(C)O2)ccc1N1CCCS1(=O)=O. The molecule has 0 saturated carbocycles. The zero-order chi connectivity index (χ0) is 17.0. The summed E-state index contributed by atoms with van der Waals surface area (Å²) in [6.07, 6.45) is 0.681. The van der Waals surface area contributed by atoms with E-state index in [1.54, 1.807) is 0 Å². The van der Waals surface area contributed by atoms with Gasteiger partial charge in [0.2, 0.25) is 10.0 Å². The smallest absolute Gasteiger partial charge is 0.399 e. The van der Waals surface area contributed by atoms with Crippen LogP contribution in [0.2, 0.25) is 0 Å². The summed E-state index contributed by atoms with van der Waals surface area (Å²) in [5, 5.41) is 0. The molecule has 7 heteroatoms. The predicted molar refractivity (Wildman–Crippen MR) is 92.6 cm³/mol. The van der Waals surface area contributed by atoms with E-state index in [9.17, 15) is 8.42 Å². The minimum absolute atomic E-state index is 0.228. The van der Waals surface area contributed by atoms with Gasteiger partial charge in [-0.05, 0) is 58.1 Å². The highest BCUT2D eigenvalue weighted by molar-refractivity contribution is 7.93. The lowest BCUT2D eigenvalue weighted by Gasteiger charge is -2.32. The number of anilines is 1. The fourth-order valence-corrected chi connectivity index (χ4v) is 4.62. The van der Waals surface area contributed by atoms with E-state index in [-0.39, 0.29) is 17.0 Å². The molecule has 2 heterocycles. The van der Waals surface area contributed by atoms with Gasteiger partial charge >= 0.3 is 7.12 Å². The molecular weight excluding hydrogens is 313 g/mol. The minimum atomic E-state index is -3.16. The number of hydrogen-bond donors (Lipinski definition) is 0. The molecule has 0 N–H and O–H groups in total. The van der Waals surface area contributed by atoms with Crippen LogP contribution in [-0.2, 0) is 19.3 Å². The molecule has 2 aliphatic rings. The Morgan fingerprint density at radius 2 is 1.74 bits per heavy atom. The number of rotatable bonds is 2. The maximum atomic E-state index is 12.1. The topological polar surface area (TPSA) is 55.8 Å². The lowest BCUT2D eigenvalue weighted by Crippen LogP contribution is -2.41. The van der Waals surface area contributed by atoms with Crippen molar-refractivity contribution in [3.05, 3.63) is 23.8 Å². The third-order valence-corrected chi connectivity index (χ3v) is 6.97. The van der Waals surface area contributed by atoms with Crippen LogP contribution in [0.3, 0.4) is 0 Å². The molecule has 126 valence electrons.